The smallest absolute Gasteiger partial charge is 0.281 e. The van der Waals surface area contributed by atoms with Crippen molar-refractivity contribution in [1.82, 2.24) is 39.1 Å². The van der Waals surface area contributed by atoms with E-state index in [0.29, 0.717) is 20.9 Å². The van der Waals surface area contributed by atoms with Crippen molar-refractivity contribution in [3.8, 4) is 44.5 Å². The Hall–Kier alpha value is -12.1. The predicted molar refractivity (Wildman–Crippen MR) is 384 cm³/mol. The average molecular weight is 1300 g/mol. The SMILES string of the molecule is Cc1ccc(-c2c3nc(c(-c4ccc(C)cc4)c4ccc([nH]4)c(-c4ccc(Cn5c(=O)c6cc7c(=O)n(N8C(=O)c9ccc%10c%11c(ccc(c9%11)C8=O)C(=O)N(C8CC(C)(C)N([O])C(C)(C)C8)C%10=O)c(=O)c7cc6c5=O)cc4)c4nc(c(-c5ccc(C)cc5)c5ccc2[nH]5)C=C4)C=C3)cc1. The lowest BCUT2D eigenvalue weighted by molar-refractivity contribution is -0.292. The summed E-state index contributed by atoms with van der Waals surface area (Å²) < 4.78 is 1.45. The summed E-state index contributed by atoms with van der Waals surface area (Å²) in [7, 11) is 0. The van der Waals surface area contributed by atoms with Gasteiger partial charge in [0.15, 0.2) is 0 Å². The number of hydroxylamine groups is 2. The molecule has 0 saturated carbocycles. The number of hydrogen-bond acceptors (Lipinski definition) is 11. The predicted octanol–water partition coefficient (Wildman–Crippen LogP) is 13.6. The number of aromatic nitrogens is 6. The Balaban J connectivity index is 0.739. The fourth-order valence-corrected chi connectivity index (χ4v) is 15.7. The second-order valence-electron chi connectivity index (χ2n) is 27.8. The van der Waals surface area contributed by atoms with Gasteiger partial charge in [0.25, 0.3) is 45.9 Å². The van der Waals surface area contributed by atoms with Gasteiger partial charge in [-0.05, 0) is 174 Å². The Kier molecular flexibility index (Phi) is 13.3. The molecule has 483 valence electrons. The number of nitrogens with zero attached hydrogens (tertiary/aromatic N) is 7. The zero-order valence-electron chi connectivity index (χ0n) is 54.8. The monoisotopic (exact) mass is 1300 g/mol. The summed E-state index contributed by atoms with van der Waals surface area (Å²) in [6.45, 7) is 13.1. The molecule has 0 atom stereocenters. The van der Waals surface area contributed by atoms with Crippen LogP contribution in [0.2, 0.25) is 0 Å². The molecule has 4 amide bonds. The van der Waals surface area contributed by atoms with Gasteiger partial charge in [0.2, 0.25) is 0 Å². The molecule has 12 aromatic rings. The standard InChI is InChI=1S/C81H60N9O9/c1-41-8-16-45(17-9-41)66-58-28-30-60(82-58)67(46-18-10-42(2)11-19-46)62-32-34-64(84-62)69(65-35-33-63(85-65)68(61-31-29-59(66)83-61)47-20-12-43(3)13-21-47)48-22-14-44(15-23-48)40-86-72(91)54-36-56-57(37-55(54)73(86)92)79(98)89(78(56)97)88-76(95)52-26-24-50-70-51(25-27-53(71(52)70)77(88)96)75(94)87(74(50)93)49-38-80(4,5)90(99)81(6,7)39-49/h8-37,49,82,85H,38-40H2,1-7H3. The van der Waals surface area contributed by atoms with Crippen LogP contribution in [0.3, 0.4) is 0 Å². The molecule has 99 heavy (non-hydrogen) atoms. The number of carbonyl (C=O) groups is 4. The van der Waals surface area contributed by atoms with Gasteiger partial charge in [0.05, 0.1) is 62.0 Å². The summed E-state index contributed by atoms with van der Waals surface area (Å²) in [6.07, 6.45) is 8.60. The molecule has 7 aromatic carbocycles. The van der Waals surface area contributed by atoms with E-state index in [4.69, 9.17) is 9.97 Å². The van der Waals surface area contributed by atoms with Gasteiger partial charge in [-0.15, -0.1) is 10.3 Å². The molecule has 8 bridgehead atoms. The highest BCUT2D eigenvalue weighted by molar-refractivity contribution is 6.37. The summed E-state index contributed by atoms with van der Waals surface area (Å²) in [6, 6.07) is 48.1. The molecule has 1 fully saturated rings. The first-order valence-corrected chi connectivity index (χ1v) is 32.8. The molecule has 17 rings (SSSR count). The van der Waals surface area contributed by atoms with Crippen LogP contribution in [0.1, 0.15) is 127 Å². The zero-order valence-corrected chi connectivity index (χ0v) is 54.8. The maximum atomic E-state index is 14.7. The molecule has 18 heteroatoms. The van der Waals surface area contributed by atoms with Crippen molar-refractivity contribution in [3.63, 3.8) is 0 Å². The molecule has 1 radical (unpaired) electrons. The van der Waals surface area contributed by atoms with Crippen molar-refractivity contribution in [3.05, 3.63) is 266 Å². The molecule has 5 aliphatic heterocycles. The van der Waals surface area contributed by atoms with Crippen molar-refractivity contribution >= 4 is 102 Å². The molecular formula is C81H60N9O9. The Morgan fingerprint density at radius 3 is 1.06 bits per heavy atom. The van der Waals surface area contributed by atoms with Crippen LogP contribution in [0, 0.1) is 20.8 Å². The van der Waals surface area contributed by atoms with E-state index in [1.807, 2.05) is 42.5 Å². The van der Waals surface area contributed by atoms with Gasteiger partial charge in [-0.2, -0.15) is 9.69 Å². The highest BCUT2D eigenvalue weighted by atomic mass is 16.5. The fraction of sp³-hybridized carbons (Fsp3) is 0.160. The number of piperidine rings is 1. The molecule has 0 spiro atoms. The number of carbonyl (C=O) groups excluding carboxylic acids is 4. The number of benzene rings is 7. The van der Waals surface area contributed by atoms with Crippen LogP contribution in [-0.2, 0) is 11.8 Å². The summed E-state index contributed by atoms with van der Waals surface area (Å²) >= 11 is 0. The van der Waals surface area contributed by atoms with Crippen molar-refractivity contribution in [1.29, 1.82) is 0 Å². The molecule has 0 unspecified atom stereocenters. The van der Waals surface area contributed by atoms with Crippen molar-refractivity contribution < 1.29 is 24.4 Å². The molecule has 18 nitrogen and oxygen atoms in total. The third-order valence-electron chi connectivity index (χ3n) is 20.4. The van der Waals surface area contributed by atoms with Crippen molar-refractivity contribution in [2.75, 3.05) is 5.01 Å². The van der Waals surface area contributed by atoms with Gasteiger partial charge >= 0.3 is 0 Å². The van der Waals surface area contributed by atoms with E-state index in [0.717, 1.165) is 122 Å². The maximum Gasteiger partial charge on any atom is 0.281 e. The summed E-state index contributed by atoms with van der Waals surface area (Å²) in [5.41, 5.74) is 11.9. The average Bonchev–Trinajstić information content (AvgIpc) is 1.53. The van der Waals surface area contributed by atoms with Crippen LogP contribution in [-0.4, -0.2) is 79.9 Å². The number of H-pyrrole nitrogens is 2. The van der Waals surface area contributed by atoms with Gasteiger partial charge < -0.3 is 9.97 Å². The van der Waals surface area contributed by atoms with E-state index < -0.39 is 63.0 Å². The Labute approximate surface area is 564 Å². The number of amides is 4. The fourth-order valence-electron chi connectivity index (χ4n) is 15.7. The van der Waals surface area contributed by atoms with Crippen LogP contribution in [0.4, 0.5) is 0 Å². The van der Waals surface area contributed by atoms with Gasteiger partial charge in [-0.1, -0.05) is 114 Å². The molecule has 2 N–H and O–H groups in total. The van der Waals surface area contributed by atoms with E-state index in [2.05, 4.69) is 134 Å². The molecular weight excluding hydrogens is 1240 g/mol. The lowest BCUT2D eigenvalue weighted by Gasteiger charge is -2.52. The molecule has 5 aliphatic rings. The number of hydrogen-bond donors (Lipinski definition) is 2. The molecule has 1 saturated heterocycles. The van der Waals surface area contributed by atoms with Crippen LogP contribution in [0.25, 0.3) is 123 Å². The topological polar surface area (TPSA) is 233 Å². The van der Waals surface area contributed by atoms with Gasteiger partial charge in [0.1, 0.15) is 0 Å². The second kappa shape index (κ2) is 21.7. The normalized spacial score (nSPS) is 15.8. The second-order valence-corrected chi connectivity index (χ2v) is 27.8. The number of fused-ring (bicyclic) bond motifs is 10. The van der Waals surface area contributed by atoms with Crippen molar-refractivity contribution in [2.24, 2.45) is 0 Å². The van der Waals surface area contributed by atoms with Gasteiger partial charge in [0, 0.05) is 83.3 Å². The number of imide groups is 2. The van der Waals surface area contributed by atoms with E-state index in [1.165, 1.54) is 29.2 Å². The van der Waals surface area contributed by atoms with Gasteiger partial charge in [-0.25, -0.2) is 9.97 Å². The minimum Gasteiger partial charge on any atom is -0.354 e. The Morgan fingerprint density at radius 1 is 0.404 bits per heavy atom. The quantitative estimate of drug-likeness (QED) is 0.136. The minimum atomic E-state index is -1.09. The minimum absolute atomic E-state index is 0.0171. The molecule has 10 heterocycles. The van der Waals surface area contributed by atoms with E-state index in [1.54, 1.807) is 27.7 Å². The van der Waals surface area contributed by atoms with Crippen LogP contribution in [0.15, 0.2) is 177 Å². The van der Waals surface area contributed by atoms with E-state index in [-0.39, 0.29) is 74.0 Å². The maximum absolute atomic E-state index is 14.7. The third-order valence-corrected chi connectivity index (χ3v) is 20.4. The largest absolute Gasteiger partial charge is 0.354 e. The first kappa shape index (κ1) is 60.5. The van der Waals surface area contributed by atoms with Crippen LogP contribution in [0.5, 0.6) is 0 Å². The lowest BCUT2D eigenvalue weighted by Crippen LogP contribution is -2.64. The first-order chi connectivity index (χ1) is 47.5. The zero-order chi connectivity index (χ0) is 68.6. The third kappa shape index (κ3) is 9.23. The van der Waals surface area contributed by atoms with E-state index in [9.17, 15) is 43.6 Å². The summed E-state index contributed by atoms with van der Waals surface area (Å²) in [5, 5.41) is 13.9. The van der Waals surface area contributed by atoms with Crippen LogP contribution < -0.4 is 27.2 Å². The number of nitrogens with one attached hydrogen (secondary N) is 2. The summed E-state index contributed by atoms with van der Waals surface area (Å²) in [5.74, 6) is -3.45. The van der Waals surface area contributed by atoms with E-state index >= 15 is 0 Å². The Bertz CT molecular complexity index is 5920. The number of aryl methyl sites for hydroxylation is 3. The number of aromatic amines is 2. The first-order valence-electron chi connectivity index (χ1n) is 32.8. The highest BCUT2D eigenvalue weighted by Gasteiger charge is 2.52. The number of rotatable bonds is 8. The summed E-state index contributed by atoms with van der Waals surface area (Å²) in [4.78, 5) is 136. The van der Waals surface area contributed by atoms with Gasteiger partial charge in [-0.3, -0.25) is 47.8 Å². The van der Waals surface area contributed by atoms with Crippen LogP contribution >= 0.6 is 0 Å². The Morgan fingerprint density at radius 2 is 0.717 bits per heavy atom. The molecule has 0 aliphatic carbocycles. The molecule has 5 aromatic heterocycles. The van der Waals surface area contributed by atoms with Crippen molar-refractivity contribution in [2.45, 2.75) is 85.0 Å². The highest BCUT2D eigenvalue weighted by Crippen LogP contribution is 2.45. The lowest BCUT2D eigenvalue weighted by atomic mass is 9.77.